The van der Waals surface area contributed by atoms with Crippen LogP contribution in [-0.4, -0.2) is 16.5 Å². The number of aromatic nitrogens is 2. The van der Waals surface area contributed by atoms with Crippen molar-refractivity contribution in [3.8, 4) is 0 Å². The van der Waals surface area contributed by atoms with Crippen molar-refractivity contribution in [1.29, 1.82) is 0 Å². The zero-order valence-electron chi connectivity index (χ0n) is 9.25. The molecule has 0 spiro atoms. The largest absolute Gasteiger partial charge is 0.346 e. The molecular weight excluding hydrogens is 186 g/mol. The van der Waals surface area contributed by atoms with Crippen molar-refractivity contribution in [2.45, 2.75) is 25.7 Å². The zero-order valence-corrected chi connectivity index (χ0v) is 9.25. The SMILES string of the molecule is CC(C)(CCN)c1c[nH]c2ncccc12. The number of pyridine rings is 1. The molecular formula is C12H17N3. The highest BCUT2D eigenvalue weighted by atomic mass is 14.8. The lowest BCUT2D eigenvalue weighted by atomic mass is 9.82. The van der Waals surface area contributed by atoms with Gasteiger partial charge in [0, 0.05) is 17.8 Å². The van der Waals surface area contributed by atoms with E-state index in [-0.39, 0.29) is 5.41 Å². The van der Waals surface area contributed by atoms with Gasteiger partial charge in [-0.15, -0.1) is 0 Å². The maximum Gasteiger partial charge on any atom is 0.137 e. The van der Waals surface area contributed by atoms with Crippen molar-refractivity contribution >= 4 is 11.0 Å². The van der Waals surface area contributed by atoms with Crippen molar-refractivity contribution in [3.05, 3.63) is 30.1 Å². The molecule has 0 fully saturated rings. The Morgan fingerprint density at radius 1 is 1.47 bits per heavy atom. The third-order valence-corrected chi connectivity index (χ3v) is 2.95. The van der Waals surface area contributed by atoms with E-state index >= 15 is 0 Å². The Hall–Kier alpha value is -1.35. The molecule has 0 saturated carbocycles. The van der Waals surface area contributed by atoms with Gasteiger partial charge in [-0.1, -0.05) is 13.8 Å². The summed E-state index contributed by atoms with van der Waals surface area (Å²) in [6, 6.07) is 4.07. The summed E-state index contributed by atoms with van der Waals surface area (Å²) in [5, 5.41) is 1.20. The summed E-state index contributed by atoms with van der Waals surface area (Å²) >= 11 is 0. The minimum atomic E-state index is 0.107. The summed E-state index contributed by atoms with van der Waals surface area (Å²) in [5.41, 5.74) is 8.00. The fourth-order valence-electron chi connectivity index (χ4n) is 2.01. The quantitative estimate of drug-likeness (QED) is 0.803. The molecule has 0 unspecified atom stereocenters. The number of H-pyrrole nitrogens is 1. The number of nitrogens with zero attached hydrogens (tertiary/aromatic N) is 1. The third kappa shape index (κ3) is 1.75. The van der Waals surface area contributed by atoms with Crippen LogP contribution < -0.4 is 5.73 Å². The van der Waals surface area contributed by atoms with E-state index in [0.29, 0.717) is 6.54 Å². The molecule has 2 heterocycles. The van der Waals surface area contributed by atoms with E-state index in [1.807, 2.05) is 12.3 Å². The zero-order chi connectivity index (χ0) is 10.9. The monoisotopic (exact) mass is 203 g/mol. The number of hydrogen-bond acceptors (Lipinski definition) is 2. The van der Waals surface area contributed by atoms with Gasteiger partial charge in [-0.3, -0.25) is 0 Å². The van der Waals surface area contributed by atoms with Crippen LogP contribution in [0.5, 0.6) is 0 Å². The molecule has 0 aromatic carbocycles. The van der Waals surface area contributed by atoms with E-state index in [1.165, 1.54) is 10.9 Å². The van der Waals surface area contributed by atoms with Crippen LogP contribution in [0.15, 0.2) is 24.5 Å². The molecule has 0 radical (unpaired) electrons. The van der Waals surface area contributed by atoms with Crippen molar-refractivity contribution in [2.75, 3.05) is 6.54 Å². The molecule has 2 rings (SSSR count). The van der Waals surface area contributed by atoms with Crippen LogP contribution in [0.4, 0.5) is 0 Å². The van der Waals surface area contributed by atoms with Gasteiger partial charge in [0.25, 0.3) is 0 Å². The lowest BCUT2D eigenvalue weighted by Gasteiger charge is -2.23. The Morgan fingerprint density at radius 2 is 2.27 bits per heavy atom. The van der Waals surface area contributed by atoms with Gasteiger partial charge in [0.05, 0.1) is 0 Å². The van der Waals surface area contributed by atoms with Gasteiger partial charge in [-0.2, -0.15) is 0 Å². The molecule has 3 heteroatoms. The van der Waals surface area contributed by atoms with Gasteiger partial charge in [0.2, 0.25) is 0 Å². The molecule has 2 aromatic heterocycles. The highest BCUT2D eigenvalue weighted by Crippen LogP contribution is 2.31. The van der Waals surface area contributed by atoms with Gasteiger partial charge in [0.15, 0.2) is 0 Å². The molecule has 0 bridgehead atoms. The van der Waals surface area contributed by atoms with Crippen molar-refractivity contribution in [1.82, 2.24) is 9.97 Å². The fourth-order valence-corrected chi connectivity index (χ4v) is 2.01. The van der Waals surface area contributed by atoms with Crippen LogP contribution in [0.3, 0.4) is 0 Å². The first kappa shape index (κ1) is 10.2. The van der Waals surface area contributed by atoms with Gasteiger partial charge >= 0.3 is 0 Å². The third-order valence-electron chi connectivity index (χ3n) is 2.95. The van der Waals surface area contributed by atoms with Gasteiger partial charge < -0.3 is 10.7 Å². The van der Waals surface area contributed by atoms with Crippen molar-refractivity contribution in [3.63, 3.8) is 0 Å². The lowest BCUT2D eigenvalue weighted by Crippen LogP contribution is -2.21. The maximum absolute atomic E-state index is 5.64. The Kier molecular flexibility index (Phi) is 2.49. The normalized spacial score (nSPS) is 12.2. The summed E-state index contributed by atoms with van der Waals surface area (Å²) in [5.74, 6) is 0. The first-order valence-electron chi connectivity index (χ1n) is 5.28. The van der Waals surface area contributed by atoms with E-state index in [1.54, 1.807) is 6.20 Å². The van der Waals surface area contributed by atoms with Gasteiger partial charge in [-0.05, 0) is 36.1 Å². The predicted molar refractivity (Wildman–Crippen MR) is 62.8 cm³/mol. The summed E-state index contributed by atoms with van der Waals surface area (Å²) < 4.78 is 0. The highest BCUT2D eigenvalue weighted by molar-refractivity contribution is 5.80. The number of fused-ring (bicyclic) bond motifs is 1. The minimum Gasteiger partial charge on any atom is -0.346 e. The minimum absolute atomic E-state index is 0.107. The number of aromatic amines is 1. The van der Waals surface area contributed by atoms with E-state index in [2.05, 4.69) is 29.9 Å². The number of nitrogens with two attached hydrogens (primary N) is 1. The van der Waals surface area contributed by atoms with E-state index < -0.39 is 0 Å². The van der Waals surface area contributed by atoms with Crippen LogP contribution >= 0.6 is 0 Å². The lowest BCUT2D eigenvalue weighted by molar-refractivity contribution is 0.491. The molecule has 0 aliphatic heterocycles. The number of hydrogen-bond donors (Lipinski definition) is 2. The van der Waals surface area contributed by atoms with Crippen LogP contribution in [0, 0.1) is 0 Å². The number of nitrogens with one attached hydrogen (secondary N) is 1. The van der Waals surface area contributed by atoms with Crippen LogP contribution in [0.25, 0.3) is 11.0 Å². The first-order valence-corrected chi connectivity index (χ1v) is 5.28. The Morgan fingerprint density at radius 3 is 3.00 bits per heavy atom. The molecule has 15 heavy (non-hydrogen) atoms. The van der Waals surface area contributed by atoms with Crippen LogP contribution in [0.2, 0.25) is 0 Å². The second-order valence-corrected chi connectivity index (χ2v) is 4.52. The van der Waals surface area contributed by atoms with Crippen molar-refractivity contribution in [2.24, 2.45) is 5.73 Å². The Balaban J connectivity index is 2.52. The molecule has 0 saturated heterocycles. The summed E-state index contributed by atoms with van der Waals surface area (Å²) in [6.07, 6.45) is 4.83. The average Bonchev–Trinajstić information content (AvgIpc) is 2.61. The fraction of sp³-hybridized carbons (Fsp3) is 0.417. The first-order chi connectivity index (χ1) is 7.15. The standard InChI is InChI=1S/C12H17N3/c1-12(2,5-6-13)10-8-15-11-9(10)4-3-7-14-11/h3-4,7-8H,5-6,13H2,1-2H3,(H,14,15). The second-order valence-electron chi connectivity index (χ2n) is 4.52. The molecule has 2 aromatic rings. The van der Waals surface area contributed by atoms with E-state index in [9.17, 15) is 0 Å². The van der Waals surface area contributed by atoms with Gasteiger partial charge in [-0.25, -0.2) is 4.98 Å². The number of rotatable bonds is 3. The second kappa shape index (κ2) is 3.66. The Bertz CT molecular complexity index is 457. The Labute approximate surface area is 89.7 Å². The molecule has 0 aliphatic carbocycles. The van der Waals surface area contributed by atoms with E-state index in [0.717, 1.165) is 12.1 Å². The highest BCUT2D eigenvalue weighted by Gasteiger charge is 2.22. The van der Waals surface area contributed by atoms with Crippen molar-refractivity contribution < 1.29 is 0 Å². The smallest absolute Gasteiger partial charge is 0.137 e. The van der Waals surface area contributed by atoms with Crippen LogP contribution in [0.1, 0.15) is 25.8 Å². The van der Waals surface area contributed by atoms with E-state index in [4.69, 9.17) is 5.73 Å². The molecule has 0 amide bonds. The molecule has 3 nitrogen and oxygen atoms in total. The topological polar surface area (TPSA) is 54.7 Å². The molecule has 80 valence electrons. The maximum atomic E-state index is 5.64. The van der Waals surface area contributed by atoms with Gasteiger partial charge in [0.1, 0.15) is 5.65 Å². The molecule has 0 atom stereocenters. The molecule has 3 N–H and O–H groups in total. The molecule has 0 aliphatic rings. The predicted octanol–water partition coefficient (Wildman–Crippen LogP) is 2.19. The summed E-state index contributed by atoms with van der Waals surface area (Å²) in [4.78, 5) is 7.49. The summed E-state index contributed by atoms with van der Waals surface area (Å²) in [7, 11) is 0. The van der Waals surface area contributed by atoms with Crippen LogP contribution in [-0.2, 0) is 5.41 Å². The summed E-state index contributed by atoms with van der Waals surface area (Å²) in [6.45, 7) is 5.14. The average molecular weight is 203 g/mol.